The number of piperazine rings is 2. The lowest BCUT2D eigenvalue weighted by Gasteiger charge is -2.34. The van der Waals surface area contributed by atoms with E-state index in [-0.39, 0.29) is 17.2 Å². The molecule has 0 bridgehead atoms. The maximum atomic E-state index is 13.2. The largest absolute Gasteiger partial charge is 0.496 e. The third-order valence-corrected chi connectivity index (χ3v) is 7.28. The molecule has 1 aromatic carbocycles. The summed E-state index contributed by atoms with van der Waals surface area (Å²) in [5, 5.41) is 3.25. The third-order valence-electron chi connectivity index (χ3n) is 7.28. The SMILES string of the molecule is COC(=O)N1CCN(c2ccc(NC(=O)c3cc(=O)c4c(OC)ccc(N5CCN(C)CC5)c4[nH]3)cn2)CC1. The predicted octanol–water partition coefficient (Wildman–Crippen LogP) is 1.82. The van der Waals surface area contributed by atoms with Crippen LogP contribution in [0.4, 0.5) is 22.0 Å². The maximum absolute atomic E-state index is 13.2. The number of aromatic nitrogens is 2. The van der Waals surface area contributed by atoms with Crippen LogP contribution in [-0.2, 0) is 4.74 Å². The van der Waals surface area contributed by atoms with E-state index in [4.69, 9.17) is 9.47 Å². The second-order valence-electron chi connectivity index (χ2n) is 9.68. The molecule has 0 spiro atoms. The van der Waals surface area contributed by atoms with E-state index in [1.54, 1.807) is 23.2 Å². The Hall–Kier alpha value is -4.32. The molecule has 2 saturated heterocycles. The number of nitrogens with zero attached hydrogens (tertiary/aromatic N) is 5. The van der Waals surface area contributed by atoms with Crippen LogP contribution in [0.5, 0.6) is 5.75 Å². The number of nitrogens with one attached hydrogen (secondary N) is 2. The van der Waals surface area contributed by atoms with Crippen LogP contribution in [0.2, 0.25) is 0 Å². The summed E-state index contributed by atoms with van der Waals surface area (Å²) in [6.07, 6.45) is 1.25. The Morgan fingerprint density at radius 2 is 1.67 bits per heavy atom. The zero-order chi connectivity index (χ0) is 27.5. The van der Waals surface area contributed by atoms with Gasteiger partial charge in [0, 0.05) is 58.4 Å². The number of likely N-dealkylation sites (N-methyl/N-ethyl adjacent to an activating group) is 1. The summed E-state index contributed by atoms with van der Waals surface area (Å²) in [5.74, 6) is 0.770. The van der Waals surface area contributed by atoms with E-state index >= 15 is 0 Å². The zero-order valence-corrected chi connectivity index (χ0v) is 22.4. The highest BCUT2D eigenvalue weighted by atomic mass is 16.5. The Bertz CT molecular complexity index is 1410. The zero-order valence-electron chi connectivity index (χ0n) is 22.4. The summed E-state index contributed by atoms with van der Waals surface area (Å²) >= 11 is 0. The molecule has 0 aliphatic carbocycles. The van der Waals surface area contributed by atoms with Crippen LogP contribution in [0.25, 0.3) is 10.9 Å². The van der Waals surface area contributed by atoms with Crippen molar-refractivity contribution in [2.24, 2.45) is 0 Å². The highest BCUT2D eigenvalue weighted by Gasteiger charge is 2.23. The fourth-order valence-electron chi connectivity index (χ4n) is 5.01. The Morgan fingerprint density at radius 1 is 0.949 bits per heavy atom. The molecule has 12 nitrogen and oxygen atoms in total. The number of fused-ring (bicyclic) bond motifs is 1. The number of aromatic amines is 1. The number of ether oxygens (including phenoxy) is 2. The quantitative estimate of drug-likeness (QED) is 0.504. The van der Waals surface area contributed by atoms with Crippen LogP contribution in [0.15, 0.2) is 41.3 Å². The van der Waals surface area contributed by atoms with Gasteiger partial charge in [0.05, 0.1) is 42.7 Å². The van der Waals surface area contributed by atoms with Crippen molar-refractivity contribution in [3.63, 3.8) is 0 Å². The smallest absolute Gasteiger partial charge is 0.409 e. The Balaban J connectivity index is 1.34. The Morgan fingerprint density at radius 3 is 2.31 bits per heavy atom. The standard InChI is InChI=1S/C27H33N7O5/c1-31-8-10-32(11-9-31)20-5-6-22(38-2)24-21(35)16-19(30-25(20)24)26(36)29-18-4-7-23(28-17-18)33-12-14-34(15-13-33)27(37)39-3/h4-7,16-17H,8-15H2,1-3H3,(H,29,36)(H,30,35). The molecule has 2 aliphatic rings. The van der Waals surface area contributed by atoms with E-state index in [1.165, 1.54) is 20.3 Å². The number of H-pyrrole nitrogens is 1. The fourth-order valence-corrected chi connectivity index (χ4v) is 5.01. The highest BCUT2D eigenvalue weighted by molar-refractivity contribution is 6.05. The van der Waals surface area contributed by atoms with Gasteiger partial charge in [-0.05, 0) is 31.3 Å². The number of hydrogen-bond acceptors (Lipinski definition) is 9. The lowest BCUT2D eigenvalue weighted by molar-refractivity contribution is 0.102. The van der Waals surface area contributed by atoms with Crippen molar-refractivity contribution in [1.29, 1.82) is 0 Å². The highest BCUT2D eigenvalue weighted by Crippen LogP contribution is 2.31. The van der Waals surface area contributed by atoms with E-state index in [9.17, 15) is 14.4 Å². The topological polar surface area (TPSA) is 123 Å². The fraction of sp³-hybridized carbons (Fsp3) is 0.407. The predicted molar refractivity (Wildman–Crippen MR) is 149 cm³/mol. The molecule has 0 saturated carbocycles. The van der Waals surface area contributed by atoms with Crippen molar-refractivity contribution >= 4 is 40.1 Å². The number of benzene rings is 1. The first-order valence-electron chi connectivity index (χ1n) is 12.9. The van der Waals surface area contributed by atoms with Gasteiger partial charge >= 0.3 is 6.09 Å². The van der Waals surface area contributed by atoms with Gasteiger partial charge in [-0.3, -0.25) is 9.59 Å². The van der Waals surface area contributed by atoms with E-state index in [1.807, 2.05) is 12.1 Å². The molecule has 2 aromatic heterocycles. The summed E-state index contributed by atoms with van der Waals surface area (Å²) in [5.41, 5.74) is 1.81. The van der Waals surface area contributed by atoms with Gasteiger partial charge in [-0.2, -0.15) is 0 Å². The van der Waals surface area contributed by atoms with Gasteiger partial charge in [0.1, 0.15) is 17.3 Å². The first-order chi connectivity index (χ1) is 18.9. The number of pyridine rings is 2. The molecule has 5 rings (SSSR count). The normalized spacial score (nSPS) is 16.3. The monoisotopic (exact) mass is 535 g/mol. The third kappa shape index (κ3) is 5.46. The molecule has 0 unspecified atom stereocenters. The van der Waals surface area contributed by atoms with Crippen LogP contribution in [0.1, 0.15) is 10.5 Å². The van der Waals surface area contributed by atoms with Crippen LogP contribution in [0.3, 0.4) is 0 Å². The van der Waals surface area contributed by atoms with Crippen molar-refractivity contribution in [3.8, 4) is 5.75 Å². The molecule has 3 aromatic rings. The molecule has 39 heavy (non-hydrogen) atoms. The number of methoxy groups -OCH3 is 2. The van der Waals surface area contributed by atoms with Crippen LogP contribution in [-0.4, -0.2) is 105 Å². The van der Waals surface area contributed by atoms with E-state index < -0.39 is 5.91 Å². The Kier molecular flexibility index (Phi) is 7.55. The molecule has 4 heterocycles. The van der Waals surface area contributed by atoms with Crippen molar-refractivity contribution in [3.05, 3.63) is 52.4 Å². The minimum atomic E-state index is -0.442. The van der Waals surface area contributed by atoms with Crippen molar-refractivity contribution < 1.29 is 19.1 Å². The molecule has 2 N–H and O–H groups in total. The van der Waals surface area contributed by atoms with Gasteiger partial charge in [0.25, 0.3) is 5.91 Å². The molecule has 12 heteroatoms. The lowest BCUT2D eigenvalue weighted by atomic mass is 10.1. The first-order valence-corrected chi connectivity index (χ1v) is 12.9. The number of rotatable bonds is 5. The van der Waals surface area contributed by atoms with Crippen LogP contribution < -0.4 is 25.3 Å². The van der Waals surface area contributed by atoms with Gasteiger partial charge in [-0.25, -0.2) is 9.78 Å². The van der Waals surface area contributed by atoms with Gasteiger partial charge in [-0.1, -0.05) is 0 Å². The summed E-state index contributed by atoms with van der Waals surface area (Å²) in [7, 11) is 4.99. The van der Waals surface area contributed by atoms with Crippen LogP contribution >= 0.6 is 0 Å². The number of carbonyl (C=O) groups excluding carboxylic acids is 2. The van der Waals surface area contributed by atoms with Crippen molar-refractivity contribution in [2.75, 3.05) is 88.7 Å². The first kappa shape index (κ1) is 26.3. The van der Waals surface area contributed by atoms with E-state index in [0.717, 1.165) is 37.7 Å². The van der Waals surface area contributed by atoms with Gasteiger partial charge < -0.3 is 39.4 Å². The molecule has 2 amide bonds. The van der Waals surface area contributed by atoms with Gasteiger partial charge in [-0.15, -0.1) is 0 Å². The number of amides is 2. The van der Waals surface area contributed by atoms with E-state index in [2.05, 4.69) is 37.0 Å². The molecule has 0 atom stereocenters. The summed E-state index contributed by atoms with van der Waals surface area (Å²) < 4.78 is 10.2. The average molecular weight is 536 g/mol. The van der Waals surface area contributed by atoms with E-state index in [0.29, 0.717) is 48.5 Å². The number of hydrogen-bond donors (Lipinski definition) is 2. The van der Waals surface area contributed by atoms with Crippen LogP contribution in [0, 0.1) is 0 Å². The molecule has 0 radical (unpaired) electrons. The summed E-state index contributed by atoms with van der Waals surface area (Å²) in [6.45, 7) is 5.78. The Labute approximate surface area is 226 Å². The molecule has 206 valence electrons. The minimum Gasteiger partial charge on any atom is -0.496 e. The maximum Gasteiger partial charge on any atom is 0.409 e. The number of anilines is 3. The van der Waals surface area contributed by atoms with Crippen molar-refractivity contribution in [1.82, 2.24) is 19.8 Å². The van der Waals surface area contributed by atoms with Gasteiger partial charge in [0.15, 0.2) is 5.43 Å². The second kappa shape index (κ2) is 11.2. The molecule has 2 fully saturated rings. The number of carbonyl (C=O) groups is 2. The van der Waals surface area contributed by atoms with Gasteiger partial charge in [0.2, 0.25) is 0 Å². The average Bonchev–Trinajstić information content (AvgIpc) is 2.97. The summed E-state index contributed by atoms with van der Waals surface area (Å²) in [4.78, 5) is 54.0. The lowest BCUT2D eigenvalue weighted by Crippen LogP contribution is -2.49. The molecular formula is C27H33N7O5. The molecular weight excluding hydrogens is 502 g/mol. The second-order valence-corrected chi connectivity index (χ2v) is 9.68. The summed E-state index contributed by atoms with van der Waals surface area (Å²) in [6, 6.07) is 8.62. The van der Waals surface area contributed by atoms with Crippen molar-refractivity contribution in [2.45, 2.75) is 0 Å². The molecule has 2 aliphatic heterocycles. The minimum absolute atomic E-state index is 0.152.